The molecule has 0 spiro atoms. The number of esters is 1. The first-order valence-corrected chi connectivity index (χ1v) is 7.58. The van der Waals surface area contributed by atoms with Crippen molar-refractivity contribution >= 4 is 5.97 Å². The van der Waals surface area contributed by atoms with Crippen LogP contribution in [0.4, 0.5) is 0 Å². The zero-order chi connectivity index (χ0) is 14.3. The first kappa shape index (κ1) is 18.2. The predicted octanol–water partition coefficient (Wildman–Crippen LogP) is 4.26. The zero-order valence-electron chi connectivity index (χ0n) is 12.7. The molecular formula is C16H30O3. The highest BCUT2D eigenvalue weighted by atomic mass is 16.6. The van der Waals surface area contributed by atoms with E-state index in [1.165, 1.54) is 44.9 Å². The van der Waals surface area contributed by atoms with Crippen LogP contribution in [0.5, 0.6) is 0 Å². The third-order valence-electron chi connectivity index (χ3n) is 2.95. The van der Waals surface area contributed by atoms with Crippen LogP contribution in [0.25, 0.3) is 0 Å². The van der Waals surface area contributed by atoms with Crippen LogP contribution in [0.3, 0.4) is 0 Å². The molecule has 0 amide bonds. The number of hydrogen-bond donors (Lipinski definition) is 0. The van der Waals surface area contributed by atoms with E-state index in [9.17, 15) is 4.79 Å². The Balaban J connectivity index is 3.07. The van der Waals surface area contributed by atoms with Crippen LogP contribution < -0.4 is 0 Å². The maximum absolute atomic E-state index is 11.0. The molecule has 0 atom stereocenters. The van der Waals surface area contributed by atoms with Crippen molar-refractivity contribution in [3.63, 3.8) is 0 Å². The third-order valence-corrected chi connectivity index (χ3v) is 2.95. The maximum atomic E-state index is 11.0. The molecule has 112 valence electrons. The van der Waals surface area contributed by atoms with E-state index < -0.39 is 0 Å². The largest absolute Gasteiger partial charge is 0.460 e. The average molecular weight is 270 g/mol. The molecule has 0 aromatic heterocycles. The fraction of sp³-hybridized carbons (Fsp3) is 0.812. The minimum atomic E-state index is -0.337. The van der Waals surface area contributed by atoms with Gasteiger partial charge in [-0.25, -0.2) is 4.79 Å². The van der Waals surface area contributed by atoms with E-state index in [1.807, 2.05) is 0 Å². The van der Waals surface area contributed by atoms with Gasteiger partial charge in [-0.05, 0) is 13.3 Å². The van der Waals surface area contributed by atoms with Gasteiger partial charge in [-0.15, -0.1) is 0 Å². The van der Waals surface area contributed by atoms with Gasteiger partial charge in [0.1, 0.15) is 6.61 Å². The molecule has 0 rings (SSSR count). The molecule has 0 radical (unpaired) electrons. The molecule has 3 nitrogen and oxygen atoms in total. The highest BCUT2D eigenvalue weighted by Gasteiger charge is 2.01. The van der Waals surface area contributed by atoms with Crippen LogP contribution in [0, 0.1) is 0 Å². The minimum absolute atomic E-state index is 0.322. The van der Waals surface area contributed by atoms with E-state index in [2.05, 4.69) is 13.5 Å². The van der Waals surface area contributed by atoms with Gasteiger partial charge in [0.05, 0.1) is 6.61 Å². The Morgan fingerprint density at radius 3 is 2.05 bits per heavy atom. The number of ether oxygens (including phenoxy) is 2. The Bertz CT molecular complexity index is 236. The van der Waals surface area contributed by atoms with Gasteiger partial charge in [0, 0.05) is 12.2 Å². The molecule has 0 aliphatic carbocycles. The summed E-state index contributed by atoms with van der Waals surface area (Å²) in [4.78, 5) is 11.0. The number of rotatable bonds is 13. The maximum Gasteiger partial charge on any atom is 0.333 e. The van der Waals surface area contributed by atoms with Crippen molar-refractivity contribution < 1.29 is 14.3 Å². The van der Waals surface area contributed by atoms with Gasteiger partial charge >= 0.3 is 5.97 Å². The molecule has 0 fully saturated rings. The van der Waals surface area contributed by atoms with Gasteiger partial charge in [-0.2, -0.15) is 0 Å². The second kappa shape index (κ2) is 13.6. The molecule has 3 heteroatoms. The Hall–Kier alpha value is -0.830. The van der Waals surface area contributed by atoms with Crippen molar-refractivity contribution in [3.8, 4) is 0 Å². The normalized spacial score (nSPS) is 10.4. The van der Waals surface area contributed by atoms with E-state index in [0.29, 0.717) is 18.8 Å². The van der Waals surface area contributed by atoms with E-state index in [4.69, 9.17) is 9.47 Å². The predicted molar refractivity (Wildman–Crippen MR) is 79.2 cm³/mol. The summed E-state index contributed by atoms with van der Waals surface area (Å²) in [6.45, 7) is 8.97. The number of carbonyl (C=O) groups excluding carboxylic acids is 1. The van der Waals surface area contributed by atoms with E-state index >= 15 is 0 Å². The number of hydrogen-bond acceptors (Lipinski definition) is 3. The molecule has 0 N–H and O–H groups in total. The summed E-state index contributed by atoms with van der Waals surface area (Å²) in [5.74, 6) is -0.337. The summed E-state index contributed by atoms with van der Waals surface area (Å²) >= 11 is 0. The molecule has 0 aliphatic heterocycles. The van der Waals surface area contributed by atoms with E-state index in [0.717, 1.165) is 13.0 Å². The zero-order valence-corrected chi connectivity index (χ0v) is 12.7. The van der Waals surface area contributed by atoms with Gasteiger partial charge in [0.25, 0.3) is 0 Å². The lowest BCUT2D eigenvalue weighted by atomic mass is 10.1. The molecule has 0 saturated carbocycles. The quantitative estimate of drug-likeness (QED) is 0.285. The monoisotopic (exact) mass is 270 g/mol. The van der Waals surface area contributed by atoms with Crippen molar-refractivity contribution in [2.24, 2.45) is 0 Å². The smallest absolute Gasteiger partial charge is 0.333 e. The van der Waals surface area contributed by atoms with Crippen LogP contribution in [0.15, 0.2) is 12.2 Å². The van der Waals surface area contributed by atoms with Crippen LogP contribution in [-0.2, 0) is 14.3 Å². The Morgan fingerprint density at radius 1 is 0.895 bits per heavy atom. The van der Waals surface area contributed by atoms with Gasteiger partial charge < -0.3 is 9.47 Å². The molecular weight excluding hydrogens is 240 g/mol. The van der Waals surface area contributed by atoms with Crippen molar-refractivity contribution in [3.05, 3.63) is 12.2 Å². The van der Waals surface area contributed by atoms with Crippen LogP contribution >= 0.6 is 0 Å². The molecule has 0 aliphatic rings. The van der Waals surface area contributed by atoms with Gasteiger partial charge in [-0.1, -0.05) is 58.4 Å². The van der Waals surface area contributed by atoms with Gasteiger partial charge in [-0.3, -0.25) is 0 Å². The fourth-order valence-electron chi connectivity index (χ4n) is 1.76. The molecule has 0 aromatic rings. The molecule has 0 saturated heterocycles. The Kier molecular flexibility index (Phi) is 13.0. The fourth-order valence-corrected chi connectivity index (χ4v) is 1.76. The summed E-state index contributed by atoms with van der Waals surface area (Å²) in [7, 11) is 0. The van der Waals surface area contributed by atoms with Crippen molar-refractivity contribution in [2.45, 2.75) is 65.2 Å². The highest BCUT2D eigenvalue weighted by molar-refractivity contribution is 5.86. The summed E-state index contributed by atoms with van der Waals surface area (Å²) in [5, 5.41) is 0. The summed E-state index contributed by atoms with van der Waals surface area (Å²) in [5.41, 5.74) is 0.433. The average Bonchev–Trinajstić information content (AvgIpc) is 2.39. The first-order chi connectivity index (χ1) is 9.18. The van der Waals surface area contributed by atoms with Crippen molar-refractivity contribution in [1.29, 1.82) is 0 Å². The SMILES string of the molecule is C=C(C)C(=O)OCCOCCCCCCCCCC. The van der Waals surface area contributed by atoms with Crippen molar-refractivity contribution in [1.82, 2.24) is 0 Å². The lowest BCUT2D eigenvalue weighted by Gasteiger charge is -2.06. The minimum Gasteiger partial charge on any atom is -0.460 e. The number of carbonyl (C=O) groups is 1. The van der Waals surface area contributed by atoms with Crippen LogP contribution in [0.2, 0.25) is 0 Å². The van der Waals surface area contributed by atoms with Crippen LogP contribution in [-0.4, -0.2) is 25.8 Å². The molecule has 0 bridgehead atoms. The third kappa shape index (κ3) is 13.4. The lowest BCUT2D eigenvalue weighted by molar-refractivity contribution is -0.140. The standard InChI is InChI=1S/C16H30O3/c1-4-5-6-7-8-9-10-11-12-18-13-14-19-16(17)15(2)3/h2,4-14H2,1,3H3. The Morgan fingerprint density at radius 2 is 1.47 bits per heavy atom. The number of unbranched alkanes of at least 4 members (excludes halogenated alkanes) is 7. The molecule has 0 heterocycles. The second-order valence-electron chi connectivity index (χ2n) is 5.00. The van der Waals surface area contributed by atoms with Crippen molar-refractivity contribution in [2.75, 3.05) is 19.8 Å². The second-order valence-corrected chi connectivity index (χ2v) is 5.00. The first-order valence-electron chi connectivity index (χ1n) is 7.58. The summed E-state index contributed by atoms with van der Waals surface area (Å²) in [6.07, 6.45) is 10.4. The van der Waals surface area contributed by atoms with E-state index in [-0.39, 0.29) is 5.97 Å². The van der Waals surface area contributed by atoms with Gasteiger partial charge in [0.2, 0.25) is 0 Å². The summed E-state index contributed by atoms with van der Waals surface area (Å²) in [6, 6.07) is 0. The topological polar surface area (TPSA) is 35.5 Å². The Labute approximate surface area is 118 Å². The molecule has 0 unspecified atom stereocenters. The lowest BCUT2D eigenvalue weighted by Crippen LogP contribution is -2.11. The molecule has 19 heavy (non-hydrogen) atoms. The van der Waals surface area contributed by atoms with Gasteiger partial charge in [0.15, 0.2) is 0 Å². The van der Waals surface area contributed by atoms with E-state index in [1.54, 1.807) is 6.92 Å². The molecule has 0 aromatic carbocycles. The summed E-state index contributed by atoms with van der Waals surface area (Å²) < 4.78 is 10.3. The highest BCUT2D eigenvalue weighted by Crippen LogP contribution is 2.08. The van der Waals surface area contributed by atoms with Crippen LogP contribution in [0.1, 0.15) is 65.2 Å².